The Kier molecular flexibility index (Phi) is 7.58. The van der Waals surface area contributed by atoms with Gasteiger partial charge < -0.3 is 15.4 Å². The highest BCUT2D eigenvalue weighted by Crippen LogP contribution is 2.18. The SMILES string of the molecule is CCOc1cc(C(=O)Nc2cccc(NC(=O)CN3CCCCCC3)c2)ccn1. The summed E-state index contributed by atoms with van der Waals surface area (Å²) in [7, 11) is 0. The lowest BCUT2D eigenvalue weighted by Gasteiger charge is -2.19. The third kappa shape index (κ3) is 6.57. The van der Waals surface area contributed by atoms with Gasteiger partial charge in [0.25, 0.3) is 5.91 Å². The van der Waals surface area contributed by atoms with E-state index in [2.05, 4.69) is 20.5 Å². The average Bonchev–Trinajstić information content (AvgIpc) is 2.97. The fourth-order valence-electron chi connectivity index (χ4n) is 3.35. The lowest BCUT2D eigenvalue weighted by atomic mass is 10.2. The van der Waals surface area contributed by atoms with Crippen molar-refractivity contribution < 1.29 is 14.3 Å². The molecular formula is C22H28N4O3. The first-order valence-corrected chi connectivity index (χ1v) is 10.2. The Hall–Kier alpha value is -2.93. The molecule has 0 radical (unpaired) electrons. The molecule has 29 heavy (non-hydrogen) atoms. The van der Waals surface area contributed by atoms with Gasteiger partial charge in [0, 0.05) is 29.2 Å². The molecule has 154 valence electrons. The average molecular weight is 396 g/mol. The van der Waals surface area contributed by atoms with Crippen LogP contribution in [0, 0.1) is 0 Å². The quantitative estimate of drug-likeness (QED) is 0.748. The van der Waals surface area contributed by atoms with Crippen molar-refractivity contribution in [3.05, 3.63) is 48.2 Å². The zero-order valence-electron chi connectivity index (χ0n) is 16.8. The van der Waals surface area contributed by atoms with Crippen molar-refractivity contribution in [2.45, 2.75) is 32.6 Å². The summed E-state index contributed by atoms with van der Waals surface area (Å²) in [6.07, 6.45) is 6.32. The van der Waals surface area contributed by atoms with E-state index >= 15 is 0 Å². The van der Waals surface area contributed by atoms with Gasteiger partial charge in [0.1, 0.15) is 0 Å². The van der Waals surface area contributed by atoms with Crippen LogP contribution in [0.2, 0.25) is 0 Å². The number of likely N-dealkylation sites (tertiary alicyclic amines) is 1. The Morgan fingerprint density at radius 1 is 1.03 bits per heavy atom. The molecule has 0 atom stereocenters. The predicted molar refractivity (Wildman–Crippen MR) is 113 cm³/mol. The third-order valence-corrected chi connectivity index (χ3v) is 4.76. The van der Waals surface area contributed by atoms with Crippen LogP contribution >= 0.6 is 0 Å². The minimum atomic E-state index is -0.263. The maximum absolute atomic E-state index is 12.5. The van der Waals surface area contributed by atoms with Gasteiger partial charge in [-0.25, -0.2) is 4.98 Å². The highest BCUT2D eigenvalue weighted by atomic mass is 16.5. The lowest BCUT2D eigenvalue weighted by Crippen LogP contribution is -2.33. The van der Waals surface area contributed by atoms with Crippen molar-refractivity contribution in [3.63, 3.8) is 0 Å². The van der Waals surface area contributed by atoms with E-state index in [1.54, 1.807) is 36.5 Å². The monoisotopic (exact) mass is 396 g/mol. The number of rotatable bonds is 7. The molecule has 3 rings (SSSR count). The molecule has 0 unspecified atom stereocenters. The number of nitrogens with zero attached hydrogens (tertiary/aromatic N) is 2. The molecule has 1 fully saturated rings. The van der Waals surface area contributed by atoms with Crippen LogP contribution in [0.25, 0.3) is 0 Å². The largest absolute Gasteiger partial charge is 0.478 e. The van der Waals surface area contributed by atoms with Gasteiger partial charge in [-0.2, -0.15) is 0 Å². The molecule has 1 aromatic carbocycles. The Bertz CT molecular complexity index is 832. The molecule has 1 aromatic heterocycles. The molecule has 2 aromatic rings. The van der Waals surface area contributed by atoms with Gasteiger partial charge in [-0.05, 0) is 57.1 Å². The Balaban J connectivity index is 1.58. The summed E-state index contributed by atoms with van der Waals surface area (Å²) >= 11 is 0. The Morgan fingerprint density at radius 3 is 2.48 bits per heavy atom. The fourth-order valence-corrected chi connectivity index (χ4v) is 3.35. The van der Waals surface area contributed by atoms with E-state index in [0.29, 0.717) is 36.0 Å². The molecule has 0 aliphatic carbocycles. The molecule has 7 nitrogen and oxygen atoms in total. The highest BCUT2D eigenvalue weighted by molar-refractivity contribution is 6.04. The van der Waals surface area contributed by atoms with Crippen molar-refractivity contribution >= 4 is 23.2 Å². The van der Waals surface area contributed by atoms with Gasteiger partial charge >= 0.3 is 0 Å². The van der Waals surface area contributed by atoms with Crippen LogP contribution in [0.15, 0.2) is 42.6 Å². The van der Waals surface area contributed by atoms with Crippen LogP contribution in [-0.2, 0) is 4.79 Å². The first-order valence-electron chi connectivity index (χ1n) is 10.2. The molecule has 0 saturated carbocycles. The first kappa shape index (κ1) is 20.8. The summed E-state index contributed by atoms with van der Waals surface area (Å²) in [4.78, 5) is 31.2. The molecular weight excluding hydrogens is 368 g/mol. The standard InChI is InChI=1S/C22H28N4O3/c1-2-29-21-14-17(10-11-23-21)22(28)25-19-9-7-8-18(15-19)24-20(27)16-26-12-5-3-4-6-13-26/h7-11,14-15H,2-6,12-13,16H2,1H3,(H,24,27)(H,25,28). The second-order valence-electron chi connectivity index (χ2n) is 7.09. The number of ether oxygens (including phenoxy) is 1. The van der Waals surface area contributed by atoms with Crippen molar-refractivity contribution in [3.8, 4) is 5.88 Å². The number of hydrogen-bond acceptors (Lipinski definition) is 5. The summed E-state index contributed by atoms with van der Waals surface area (Å²) < 4.78 is 5.34. The second-order valence-corrected chi connectivity index (χ2v) is 7.09. The number of carbonyl (C=O) groups is 2. The third-order valence-electron chi connectivity index (χ3n) is 4.76. The van der Waals surface area contributed by atoms with Crippen LogP contribution in [0.4, 0.5) is 11.4 Å². The Labute approximate surface area is 171 Å². The molecule has 1 aliphatic rings. The van der Waals surface area contributed by atoms with E-state index in [1.165, 1.54) is 12.8 Å². The van der Waals surface area contributed by atoms with Crippen molar-refractivity contribution in [1.82, 2.24) is 9.88 Å². The molecule has 0 bridgehead atoms. The summed E-state index contributed by atoms with van der Waals surface area (Å²) in [6.45, 7) is 4.68. The number of anilines is 2. The molecule has 2 heterocycles. The van der Waals surface area contributed by atoms with Crippen molar-refractivity contribution in [1.29, 1.82) is 0 Å². The maximum Gasteiger partial charge on any atom is 0.255 e. The van der Waals surface area contributed by atoms with Crippen molar-refractivity contribution in [2.24, 2.45) is 0 Å². The highest BCUT2D eigenvalue weighted by Gasteiger charge is 2.13. The predicted octanol–water partition coefficient (Wildman–Crippen LogP) is 3.55. The number of amides is 2. The van der Waals surface area contributed by atoms with E-state index in [-0.39, 0.29) is 11.8 Å². The first-order chi connectivity index (χ1) is 14.1. The van der Waals surface area contributed by atoms with E-state index in [9.17, 15) is 9.59 Å². The smallest absolute Gasteiger partial charge is 0.255 e. The Morgan fingerprint density at radius 2 is 1.76 bits per heavy atom. The summed E-state index contributed by atoms with van der Waals surface area (Å²) in [5.74, 6) is 0.113. The second kappa shape index (κ2) is 10.6. The number of aromatic nitrogens is 1. The minimum Gasteiger partial charge on any atom is -0.478 e. The number of benzene rings is 1. The summed E-state index contributed by atoms with van der Waals surface area (Å²) in [6, 6.07) is 10.4. The normalized spacial score (nSPS) is 14.7. The molecule has 1 aliphatic heterocycles. The van der Waals surface area contributed by atoms with Crippen LogP contribution < -0.4 is 15.4 Å². The number of pyridine rings is 1. The zero-order valence-corrected chi connectivity index (χ0v) is 16.8. The van der Waals surface area contributed by atoms with E-state index in [1.807, 2.05) is 13.0 Å². The van der Waals surface area contributed by atoms with Gasteiger partial charge in [0.05, 0.1) is 13.2 Å². The summed E-state index contributed by atoms with van der Waals surface area (Å²) in [5, 5.41) is 5.77. The van der Waals surface area contributed by atoms with Gasteiger partial charge in [-0.15, -0.1) is 0 Å². The zero-order chi connectivity index (χ0) is 20.5. The van der Waals surface area contributed by atoms with Crippen LogP contribution in [-0.4, -0.2) is 47.9 Å². The number of carbonyl (C=O) groups excluding carboxylic acids is 2. The van der Waals surface area contributed by atoms with Crippen LogP contribution in [0.1, 0.15) is 43.0 Å². The van der Waals surface area contributed by atoms with Gasteiger partial charge in [-0.1, -0.05) is 18.9 Å². The van der Waals surface area contributed by atoms with Gasteiger partial charge in [0.2, 0.25) is 11.8 Å². The fraction of sp³-hybridized carbons (Fsp3) is 0.409. The van der Waals surface area contributed by atoms with Gasteiger partial charge in [0.15, 0.2) is 0 Å². The minimum absolute atomic E-state index is 0.0362. The molecule has 7 heteroatoms. The molecule has 2 amide bonds. The lowest BCUT2D eigenvalue weighted by molar-refractivity contribution is -0.117. The van der Waals surface area contributed by atoms with E-state index < -0.39 is 0 Å². The molecule has 0 spiro atoms. The van der Waals surface area contributed by atoms with Crippen LogP contribution in [0.3, 0.4) is 0 Å². The van der Waals surface area contributed by atoms with E-state index in [4.69, 9.17) is 4.74 Å². The summed E-state index contributed by atoms with van der Waals surface area (Å²) in [5.41, 5.74) is 1.73. The van der Waals surface area contributed by atoms with Crippen molar-refractivity contribution in [2.75, 3.05) is 36.9 Å². The van der Waals surface area contributed by atoms with Crippen LogP contribution in [0.5, 0.6) is 5.88 Å². The number of hydrogen-bond donors (Lipinski definition) is 2. The molecule has 2 N–H and O–H groups in total. The van der Waals surface area contributed by atoms with Gasteiger partial charge in [-0.3, -0.25) is 14.5 Å². The number of nitrogens with one attached hydrogen (secondary N) is 2. The van der Waals surface area contributed by atoms with E-state index in [0.717, 1.165) is 25.9 Å². The maximum atomic E-state index is 12.5. The topological polar surface area (TPSA) is 83.6 Å². The molecule has 1 saturated heterocycles.